The lowest BCUT2D eigenvalue weighted by molar-refractivity contribution is -0.385. The van der Waals surface area contributed by atoms with Crippen molar-refractivity contribution >= 4 is 107 Å². The summed E-state index contributed by atoms with van der Waals surface area (Å²) in [4.78, 5) is 61.6. The number of phenols is 2. The SMILES string of the molecule is CSc1ccc2c(c1)c(=O)n(Cc1cc([N+](=O)[O-])ccc1O)n2Cc1ccc(Cl)c(Cl)c1.Cc1ccc(S(=O)(=O)n2c3ccc([N+](=O)[O-])cc3c(=O)n2C(=O)c2c(Cl)cccc2Cl)cc1O. The van der Waals surface area contributed by atoms with Crippen molar-refractivity contribution in [3.05, 3.63) is 192 Å². The van der Waals surface area contributed by atoms with E-state index in [2.05, 4.69) is 0 Å². The van der Waals surface area contributed by atoms with Gasteiger partial charge < -0.3 is 10.2 Å². The molecular weight excluding hydrogens is 982 g/mol. The van der Waals surface area contributed by atoms with Gasteiger partial charge in [0.05, 0.1) is 75.3 Å². The van der Waals surface area contributed by atoms with Crippen molar-refractivity contribution in [2.45, 2.75) is 29.8 Å². The molecular formula is C43H30Cl4N6O11S2. The van der Waals surface area contributed by atoms with E-state index in [4.69, 9.17) is 46.4 Å². The van der Waals surface area contributed by atoms with Crippen molar-refractivity contribution in [3.63, 3.8) is 0 Å². The van der Waals surface area contributed by atoms with Gasteiger partial charge in [-0.25, -0.2) is 4.68 Å². The third-order valence-electron chi connectivity index (χ3n) is 10.2. The van der Waals surface area contributed by atoms with Crippen LogP contribution in [0.3, 0.4) is 0 Å². The Hall–Kier alpha value is -6.61. The summed E-state index contributed by atoms with van der Waals surface area (Å²) in [5.41, 5.74) is -0.508. The number of hydrogen-bond donors (Lipinski definition) is 2. The van der Waals surface area contributed by atoms with Gasteiger partial charge in [0.25, 0.3) is 38.4 Å². The Kier molecular flexibility index (Phi) is 13.4. The number of carbonyl (C=O) groups is 1. The first-order valence-electron chi connectivity index (χ1n) is 18.9. The average molecular weight is 1010 g/mol. The van der Waals surface area contributed by atoms with Gasteiger partial charge in [-0.05, 0) is 85.0 Å². The van der Waals surface area contributed by atoms with Crippen LogP contribution in [0.4, 0.5) is 11.4 Å². The number of aromatic hydroxyl groups is 2. The molecule has 0 unspecified atom stereocenters. The maximum Gasteiger partial charge on any atom is 0.283 e. The van der Waals surface area contributed by atoms with E-state index in [1.807, 2.05) is 30.5 Å². The fourth-order valence-corrected chi connectivity index (χ4v) is 9.68. The van der Waals surface area contributed by atoms with Gasteiger partial charge in [-0.3, -0.25) is 39.3 Å². The van der Waals surface area contributed by atoms with Crippen molar-refractivity contribution in [3.8, 4) is 11.5 Å². The number of nitro groups is 2. The van der Waals surface area contributed by atoms with E-state index in [-0.39, 0.29) is 56.0 Å². The Labute approximate surface area is 396 Å². The predicted molar refractivity (Wildman–Crippen MR) is 252 cm³/mol. The molecule has 66 heavy (non-hydrogen) atoms. The number of thioether (sulfide) groups is 1. The lowest BCUT2D eigenvalue weighted by atomic mass is 10.2. The Morgan fingerprint density at radius 1 is 0.682 bits per heavy atom. The van der Waals surface area contributed by atoms with E-state index >= 15 is 0 Å². The van der Waals surface area contributed by atoms with Crippen LogP contribution in [0.25, 0.3) is 21.8 Å². The largest absolute Gasteiger partial charge is 0.508 e. The van der Waals surface area contributed by atoms with Gasteiger partial charge in [-0.1, -0.05) is 64.6 Å². The van der Waals surface area contributed by atoms with Crippen molar-refractivity contribution < 1.29 is 33.3 Å². The van der Waals surface area contributed by atoms with Crippen LogP contribution in [0, 0.1) is 27.2 Å². The quantitative estimate of drug-likeness (QED) is 0.0741. The molecule has 0 saturated carbocycles. The normalized spacial score (nSPS) is 11.4. The molecule has 0 saturated heterocycles. The lowest BCUT2D eigenvalue weighted by Crippen LogP contribution is -2.34. The van der Waals surface area contributed by atoms with Crippen LogP contribution in [0.2, 0.25) is 20.1 Å². The topological polar surface area (TPSA) is 232 Å². The molecule has 2 N–H and O–H groups in total. The number of rotatable bonds is 10. The summed E-state index contributed by atoms with van der Waals surface area (Å²) in [6, 6.07) is 25.1. The van der Waals surface area contributed by atoms with E-state index in [1.165, 1.54) is 65.0 Å². The molecule has 0 spiro atoms. The second-order valence-corrected chi connectivity index (χ2v) is 18.6. The second-order valence-electron chi connectivity index (χ2n) is 14.3. The minimum absolute atomic E-state index is 0.0447. The third-order valence-corrected chi connectivity index (χ3v) is 14.0. The van der Waals surface area contributed by atoms with Gasteiger partial charge in [0.2, 0.25) is 0 Å². The average Bonchev–Trinajstić information content (AvgIpc) is 3.72. The number of aromatic nitrogens is 4. The summed E-state index contributed by atoms with van der Waals surface area (Å²) in [6.07, 6.45) is 1.92. The zero-order valence-electron chi connectivity index (χ0n) is 33.9. The highest BCUT2D eigenvalue weighted by Crippen LogP contribution is 2.31. The Morgan fingerprint density at radius 2 is 1.32 bits per heavy atom. The number of aryl methyl sites for hydroxylation is 1. The first-order chi connectivity index (χ1) is 31.2. The zero-order chi connectivity index (χ0) is 47.9. The molecule has 0 bridgehead atoms. The molecule has 2 aromatic heterocycles. The Balaban J connectivity index is 0.000000197. The number of nitrogens with zero attached hydrogens (tertiary/aromatic N) is 6. The van der Waals surface area contributed by atoms with Gasteiger partial charge in [0.15, 0.2) is 0 Å². The van der Waals surface area contributed by atoms with E-state index in [0.29, 0.717) is 41.8 Å². The number of phenolic OH excluding ortho intramolecular Hbond substituents is 2. The van der Waals surface area contributed by atoms with Crippen LogP contribution in [0.5, 0.6) is 11.5 Å². The molecule has 6 aromatic carbocycles. The first kappa shape index (κ1) is 47.4. The van der Waals surface area contributed by atoms with E-state index < -0.39 is 47.3 Å². The summed E-state index contributed by atoms with van der Waals surface area (Å²) < 4.78 is 31.2. The number of nitro benzene ring substituents is 2. The smallest absolute Gasteiger partial charge is 0.283 e. The number of fused-ring (bicyclic) bond motifs is 2. The van der Waals surface area contributed by atoms with E-state index in [0.717, 1.165) is 34.7 Å². The van der Waals surface area contributed by atoms with Crippen molar-refractivity contribution in [2.24, 2.45) is 0 Å². The summed E-state index contributed by atoms with van der Waals surface area (Å²) in [6.45, 7) is 1.82. The molecule has 8 aromatic rings. The molecule has 0 atom stereocenters. The number of non-ortho nitro benzene ring substituents is 2. The van der Waals surface area contributed by atoms with Gasteiger partial charge >= 0.3 is 0 Å². The fourth-order valence-electron chi connectivity index (χ4n) is 6.88. The van der Waals surface area contributed by atoms with Crippen LogP contribution in [-0.4, -0.2) is 58.8 Å². The molecule has 17 nitrogen and oxygen atoms in total. The van der Waals surface area contributed by atoms with Crippen LogP contribution in [0.1, 0.15) is 27.0 Å². The lowest BCUT2D eigenvalue weighted by Gasteiger charge is -2.14. The number of carbonyl (C=O) groups excluding carboxylic acids is 1. The number of halogens is 4. The standard InChI is InChI=1S/C22H17Cl2N3O4S.C21H13Cl2N3O7S/c1-32-16-4-6-20-17(10-16)22(29)26(12-14-9-15(27(30)31)3-7-21(14)28)25(20)11-13-2-5-18(23)19(24)8-13;1-11-5-7-13(10-18(11)27)34(32,33)25-17-8-6-12(26(30)31)9-14(17)20(28)24(25)21(29)19-15(22)3-2-4-16(19)23/h2-10,28H,11-12H2,1H3;2-10,27H,1H3. The molecule has 2 heterocycles. The van der Waals surface area contributed by atoms with Gasteiger partial charge in [0, 0.05) is 40.8 Å². The first-order valence-corrected chi connectivity index (χ1v) is 23.0. The fraction of sp³-hybridized carbons (Fsp3) is 0.0930. The van der Waals surface area contributed by atoms with Crippen molar-refractivity contribution in [1.82, 2.24) is 18.1 Å². The van der Waals surface area contributed by atoms with E-state index in [9.17, 15) is 53.2 Å². The molecule has 338 valence electrons. The summed E-state index contributed by atoms with van der Waals surface area (Å²) in [5, 5.41) is 43.4. The van der Waals surface area contributed by atoms with Crippen LogP contribution >= 0.6 is 58.2 Å². The molecule has 0 radical (unpaired) electrons. The number of benzene rings is 6. The molecule has 8 rings (SSSR count). The van der Waals surface area contributed by atoms with Crippen LogP contribution in [0.15, 0.2) is 129 Å². The third kappa shape index (κ3) is 9.00. The van der Waals surface area contributed by atoms with E-state index in [1.54, 1.807) is 23.7 Å². The predicted octanol–water partition coefficient (Wildman–Crippen LogP) is 9.50. The molecule has 0 aliphatic carbocycles. The Morgan fingerprint density at radius 3 is 1.95 bits per heavy atom. The highest BCUT2D eigenvalue weighted by Gasteiger charge is 2.32. The van der Waals surface area contributed by atoms with Gasteiger partial charge in [0.1, 0.15) is 11.5 Å². The van der Waals surface area contributed by atoms with Gasteiger partial charge in [-0.2, -0.15) is 17.2 Å². The minimum Gasteiger partial charge on any atom is -0.508 e. The number of hydrogen-bond acceptors (Lipinski definition) is 12. The maximum atomic E-state index is 13.6. The zero-order valence-corrected chi connectivity index (χ0v) is 38.5. The highest BCUT2D eigenvalue weighted by atomic mass is 35.5. The summed E-state index contributed by atoms with van der Waals surface area (Å²) in [7, 11) is -4.68. The monoisotopic (exact) mass is 1010 g/mol. The van der Waals surface area contributed by atoms with Crippen molar-refractivity contribution in [2.75, 3.05) is 6.26 Å². The second kappa shape index (κ2) is 18.7. The molecule has 23 heteroatoms. The van der Waals surface area contributed by atoms with Crippen LogP contribution in [-0.2, 0) is 23.1 Å². The summed E-state index contributed by atoms with van der Waals surface area (Å²) >= 11 is 26.0. The minimum atomic E-state index is -4.68. The highest BCUT2D eigenvalue weighted by molar-refractivity contribution is 7.98. The maximum absolute atomic E-state index is 13.6. The summed E-state index contributed by atoms with van der Waals surface area (Å²) in [5.74, 6) is -1.62. The van der Waals surface area contributed by atoms with Crippen LogP contribution < -0.4 is 11.1 Å². The Bertz CT molecular complexity index is 3550. The van der Waals surface area contributed by atoms with Crippen molar-refractivity contribution in [1.29, 1.82) is 0 Å². The molecule has 0 amide bonds. The van der Waals surface area contributed by atoms with Gasteiger partial charge in [-0.15, -0.1) is 11.8 Å². The molecule has 0 aliphatic rings. The molecule has 0 fully saturated rings. The molecule has 0 aliphatic heterocycles.